The van der Waals surface area contributed by atoms with E-state index in [0.717, 1.165) is 32.7 Å². The molecule has 0 radical (unpaired) electrons. The molecule has 136 valence electrons. The van der Waals surface area contributed by atoms with Gasteiger partial charge in [-0.2, -0.15) is 5.10 Å². The summed E-state index contributed by atoms with van der Waals surface area (Å²) in [6.45, 7) is 4.79. The lowest BCUT2D eigenvalue weighted by Gasteiger charge is -2.34. The predicted octanol–water partition coefficient (Wildman–Crippen LogP) is 2.09. The minimum absolute atomic E-state index is 0.186. The lowest BCUT2D eigenvalue weighted by molar-refractivity contribution is -0.122. The number of halogens is 1. The van der Waals surface area contributed by atoms with Gasteiger partial charge in [0.25, 0.3) is 5.91 Å². The van der Waals surface area contributed by atoms with Crippen molar-refractivity contribution in [2.24, 2.45) is 5.10 Å². The third-order valence-electron chi connectivity index (χ3n) is 4.38. The maximum atomic E-state index is 13.5. The van der Waals surface area contributed by atoms with Gasteiger partial charge in [0.15, 0.2) is 0 Å². The summed E-state index contributed by atoms with van der Waals surface area (Å²) in [5.41, 5.74) is 4.12. The van der Waals surface area contributed by atoms with E-state index in [-0.39, 0.29) is 11.7 Å². The van der Waals surface area contributed by atoms with Crippen molar-refractivity contribution in [2.45, 2.75) is 6.54 Å². The Morgan fingerprint density at radius 1 is 1.00 bits per heavy atom. The number of benzene rings is 2. The summed E-state index contributed by atoms with van der Waals surface area (Å²) in [4.78, 5) is 16.5. The molecule has 0 atom stereocenters. The van der Waals surface area contributed by atoms with Crippen LogP contribution in [-0.4, -0.2) is 54.6 Å². The van der Waals surface area contributed by atoms with E-state index >= 15 is 0 Å². The molecule has 1 saturated heterocycles. The molecule has 1 N–H and O–H groups in total. The molecule has 1 fully saturated rings. The number of hydrazone groups is 1. The molecule has 0 aromatic heterocycles. The van der Waals surface area contributed by atoms with Crippen LogP contribution in [-0.2, 0) is 11.3 Å². The second-order valence-corrected chi connectivity index (χ2v) is 6.35. The molecule has 26 heavy (non-hydrogen) atoms. The van der Waals surface area contributed by atoms with Crippen LogP contribution in [0.15, 0.2) is 59.7 Å². The zero-order chi connectivity index (χ0) is 18.2. The first kappa shape index (κ1) is 18.2. The molecule has 5 nitrogen and oxygen atoms in total. The van der Waals surface area contributed by atoms with E-state index in [4.69, 9.17) is 0 Å². The number of amides is 1. The Balaban J connectivity index is 1.39. The summed E-state index contributed by atoms with van der Waals surface area (Å²) in [6, 6.07) is 16.7. The van der Waals surface area contributed by atoms with Gasteiger partial charge < -0.3 is 0 Å². The van der Waals surface area contributed by atoms with E-state index in [2.05, 4.69) is 44.6 Å². The zero-order valence-electron chi connectivity index (χ0n) is 14.6. The van der Waals surface area contributed by atoms with Crippen molar-refractivity contribution in [3.8, 4) is 0 Å². The number of hydrogen-bond acceptors (Lipinski definition) is 4. The molecule has 0 saturated carbocycles. The van der Waals surface area contributed by atoms with Gasteiger partial charge in [0.2, 0.25) is 0 Å². The minimum Gasteiger partial charge on any atom is -0.297 e. The number of nitrogens with zero attached hydrogens (tertiary/aromatic N) is 3. The maximum Gasteiger partial charge on any atom is 0.254 e. The first-order valence-corrected chi connectivity index (χ1v) is 8.76. The monoisotopic (exact) mass is 354 g/mol. The van der Waals surface area contributed by atoms with Crippen molar-refractivity contribution in [2.75, 3.05) is 32.7 Å². The molecule has 2 aromatic rings. The average molecular weight is 354 g/mol. The van der Waals surface area contributed by atoms with Crippen molar-refractivity contribution < 1.29 is 9.18 Å². The fraction of sp³-hybridized carbons (Fsp3) is 0.300. The predicted molar refractivity (Wildman–Crippen MR) is 100 cm³/mol. The molecular weight excluding hydrogens is 331 g/mol. The van der Waals surface area contributed by atoms with Gasteiger partial charge in [-0.1, -0.05) is 48.5 Å². The maximum absolute atomic E-state index is 13.5. The Labute approximate surface area is 153 Å². The largest absolute Gasteiger partial charge is 0.297 e. The lowest BCUT2D eigenvalue weighted by atomic mass is 10.2. The van der Waals surface area contributed by atoms with Gasteiger partial charge in [-0.25, -0.2) is 9.82 Å². The fourth-order valence-corrected chi connectivity index (χ4v) is 2.94. The average Bonchev–Trinajstić information content (AvgIpc) is 2.66. The summed E-state index contributed by atoms with van der Waals surface area (Å²) in [6.07, 6.45) is 1.32. The first-order chi connectivity index (χ1) is 12.7. The van der Waals surface area contributed by atoms with Crippen LogP contribution in [0.4, 0.5) is 4.39 Å². The van der Waals surface area contributed by atoms with Gasteiger partial charge >= 0.3 is 0 Å². The summed E-state index contributed by atoms with van der Waals surface area (Å²) >= 11 is 0. The topological polar surface area (TPSA) is 47.9 Å². The lowest BCUT2D eigenvalue weighted by Crippen LogP contribution is -2.48. The highest BCUT2D eigenvalue weighted by Gasteiger charge is 2.18. The zero-order valence-corrected chi connectivity index (χ0v) is 14.6. The summed E-state index contributed by atoms with van der Waals surface area (Å²) in [7, 11) is 0. The van der Waals surface area contributed by atoms with Crippen LogP contribution in [0.2, 0.25) is 0 Å². The molecule has 2 aromatic carbocycles. The Morgan fingerprint density at radius 3 is 2.38 bits per heavy atom. The van der Waals surface area contributed by atoms with Crippen LogP contribution in [0.1, 0.15) is 11.1 Å². The third kappa shape index (κ3) is 5.47. The number of nitrogens with one attached hydrogen (secondary N) is 1. The molecular formula is C20H23FN4O. The van der Waals surface area contributed by atoms with Crippen molar-refractivity contribution >= 4 is 12.1 Å². The van der Waals surface area contributed by atoms with Gasteiger partial charge in [-0.15, -0.1) is 0 Å². The van der Waals surface area contributed by atoms with E-state index in [9.17, 15) is 9.18 Å². The van der Waals surface area contributed by atoms with Crippen molar-refractivity contribution in [1.82, 2.24) is 15.2 Å². The van der Waals surface area contributed by atoms with E-state index in [1.807, 2.05) is 6.07 Å². The highest BCUT2D eigenvalue weighted by molar-refractivity contribution is 5.83. The van der Waals surface area contributed by atoms with E-state index < -0.39 is 0 Å². The van der Waals surface area contributed by atoms with Crippen molar-refractivity contribution in [3.63, 3.8) is 0 Å². The van der Waals surface area contributed by atoms with Gasteiger partial charge in [0, 0.05) is 38.3 Å². The number of carbonyl (C=O) groups is 1. The summed E-state index contributed by atoms with van der Waals surface area (Å²) < 4.78 is 13.5. The van der Waals surface area contributed by atoms with E-state index in [1.54, 1.807) is 18.2 Å². The van der Waals surface area contributed by atoms with E-state index in [0.29, 0.717) is 12.1 Å². The first-order valence-electron chi connectivity index (χ1n) is 8.76. The molecule has 0 aliphatic carbocycles. The smallest absolute Gasteiger partial charge is 0.254 e. The molecule has 1 heterocycles. The second kappa shape index (κ2) is 9.22. The molecule has 0 spiro atoms. The second-order valence-electron chi connectivity index (χ2n) is 6.35. The standard InChI is InChI=1S/C20H23FN4O/c21-19-9-5-4-8-18(19)14-22-23-20(26)16-25-12-10-24(11-13-25)15-17-6-2-1-3-7-17/h1-9,14H,10-13,15-16H2,(H,23,26)/b22-14+. The van der Waals surface area contributed by atoms with Crippen molar-refractivity contribution in [1.29, 1.82) is 0 Å². The Morgan fingerprint density at radius 2 is 1.65 bits per heavy atom. The quantitative estimate of drug-likeness (QED) is 0.638. The van der Waals surface area contributed by atoms with Crippen LogP contribution in [0, 0.1) is 5.82 Å². The van der Waals surface area contributed by atoms with Gasteiger partial charge in [0.05, 0.1) is 12.8 Å². The van der Waals surface area contributed by atoms with Gasteiger partial charge in [-0.3, -0.25) is 14.6 Å². The Kier molecular flexibility index (Phi) is 6.46. The number of rotatable bonds is 6. The molecule has 3 rings (SSSR count). The number of hydrogen-bond donors (Lipinski definition) is 1. The molecule has 0 unspecified atom stereocenters. The minimum atomic E-state index is -0.361. The van der Waals surface area contributed by atoms with Crippen LogP contribution in [0.25, 0.3) is 0 Å². The van der Waals surface area contributed by atoms with Crippen molar-refractivity contribution in [3.05, 3.63) is 71.5 Å². The Hall–Kier alpha value is -2.57. The normalized spacial score (nSPS) is 16.0. The Bertz CT molecular complexity index is 742. The number of carbonyl (C=O) groups excluding carboxylic acids is 1. The molecule has 1 amide bonds. The van der Waals surface area contributed by atoms with E-state index in [1.165, 1.54) is 17.8 Å². The molecule has 1 aliphatic heterocycles. The fourth-order valence-electron chi connectivity index (χ4n) is 2.94. The summed E-state index contributed by atoms with van der Waals surface area (Å²) in [5, 5.41) is 3.84. The molecule has 0 bridgehead atoms. The van der Waals surface area contributed by atoms with Gasteiger partial charge in [-0.05, 0) is 11.6 Å². The van der Waals surface area contributed by atoms with Crippen LogP contribution in [0.3, 0.4) is 0 Å². The molecule has 1 aliphatic rings. The SMILES string of the molecule is O=C(CN1CCN(Cc2ccccc2)CC1)N/N=C/c1ccccc1F. The van der Waals surface area contributed by atoms with Crippen LogP contribution in [0.5, 0.6) is 0 Å². The highest BCUT2D eigenvalue weighted by Crippen LogP contribution is 2.08. The number of piperazine rings is 1. The van der Waals surface area contributed by atoms with Gasteiger partial charge in [0.1, 0.15) is 5.82 Å². The summed E-state index contributed by atoms with van der Waals surface area (Å²) in [5.74, 6) is -0.547. The van der Waals surface area contributed by atoms with Crippen LogP contribution < -0.4 is 5.43 Å². The third-order valence-corrected chi connectivity index (χ3v) is 4.38. The van der Waals surface area contributed by atoms with Crippen LogP contribution >= 0.6 is 0 Å². The molecule has 6 heteroatoms. The highest BCUT2D eigenvalue weighted by atomic mass is 19.1.